The summed E-state index contributed by atoms with van der Waals surface area (Å²) in [4.78, 5) is 2.72. The zero-order valence-electron chi connectivity index (χ0n) is 13.9. The van der Waals surface area contributed by atoms with Crippen molar-refractivity contribution in [2.24, 2.45) is 17.3 Å². The second-order valence-electron chi connectivity index (χ2n) is 7.70. The van der Waals surface area contributed by atoms with E-state index in [0.717, 1.165) is 11.8 Å². The van der Waals surface area contributed by atoms with Crippen LogP contribution in [0.1, 0.15) is 67.2 Å². The van der Waals surface area contributed by atoms with Crippen LogP contribution in [0.2, 0.25) is 0 Å². The molecule has 1 fully saturated rings. The van der Waals surface area contributed by atoms with Crippen molar-refractivity contribution in [1.82, 2.24) is 4.90 Å². The molecule has 0 aromatic carbocycles. The highest BCUT2D eigenvalue weighted by molar-refractivity contribution is 5.32. The van der Waals surface area contributed by atoms with Crippen LogP contribution < -0.4 is 0 Å². The first-order valence-corrected chi connectivity index (χ1v) is 8.35. The van der Waals surface area contributed by atoms with Crippen molar-refractivity contribution >= 4 is 0 Å². The van der Waals surface area contributed by atoms with Gasteiger partial charge in [0.2, 0.25) is 0 Å². The number of likely N-dealkylation sites (tertiary alicyclic amines) is 1. The van der Waals surface area contributed by atoms with E-state index in [1.165, 1.54) is 38.8 Å². The van der Waals surface area contributed by atoms with Crippen LogP contribution in [0, 0.1) is 17.3 Å². The summed E-state index contributed by atoms with van der Waals surface area (Å²) < 4.78 is 0. The van der Waals surface area contributed by atoms with Crippen LogP contribution in [0.4, 0.5) is 0 Å². The minimum atomic E-state index is 0.524. The smallest absolute Gasteiger partial charge is 0.00784 e. The highest BCUT2D eigenvalue weighted by atomic mass is 15.2. The maximum absolute atomic E-state index is 2.72. The van der Waals surface area contributed by atoms with Gasteiger partial charge in [0.05, 0.1) is 0 Å². The van der Waals surface area contributed by atoms with E-state index in [-0.39, 0.29) is 0 Å². The van der Waals surface area contributed by atoms with Gasteiger partial charge in [0.25, 0.3) is 0 Å². The summed E-state index contributed by atoms with van der Waals surface area (Å²) >= 11 is 0. The van der Waals surface area contributed by atoms with E-state index in [2.05, 4.69) is 46.4 Å². The Morgan fingerprint density at radius 2 is 1.63 bits per heavy atom. The van der Waals surface area contributed by atoms with Crippen molar-refractivity contribution in [2.75, 3.05) is 13.1 Å². The van der Waals surface area contributed by atoms with E-state index >= 15 is 0 Å². The third kappa shape index (κ3) is 2.77. The number of rotatable bonds is 3. The molecule has 1 heteroatoms. The standard InChI is InChI=1S/C18H33N/c1-13(2)16-8-10-18(17(16)14(3)4)9-7-11-19(12-18)15(5)6/h13-15H,7-12H2,1-6H3. The Hall–Kier alpha value is -0.300. The fourth-order valence-corrected chi connectivity index (χ4v) is 4.60. The Morgan fingerprint density at radius 3 is 2.16 bits per heavy atom. The molecule has 2 rings (SSSR count). The van der Waals surface area contributed by atoms with Gasteiger partial charge in [-0.05, 0) is 57.9 Å². The van der Waals surface area contributed by atoms with Crippen molar-refractivity contribution in [3.8, 4) is 0 Å². The molecule has 1 atom stereocenters. The Morgan fingerprint density at radius 1 is 0.947 bits per heavy atom. The van der Waals surface area contributed by atoms with Crippen LogP contribution in [0.25, 0.3) is 0 Å². The Balaban J connectivity index is 2.32. The van der Waals surface area contributed by atoms with Crippen LogP contribution in [0.3, 0.4) is 0 Å². The molecule has 1 spiro atoms. The summed E-state index contributed by atoms with van der Waals surface area (Å²) in [7, 11) is 0. The van der Waals surface area contributed by atoms with Crippen molar-refractivity contribution in [3.63, 3.8) is 0 Å². The quantitative estimate of drug-likeness (QED) is 0.656. The normalized spacial score (nSPS) is 29.5. The third-order valence-electron chi connectivity index (χ3n) is 5.40. The first-order chi connectivity index (χ1) is 8.87. The first kappa shape index (κ1) is 15.1. The second-order valence-corrected chi connectivity index (χ2v) is 7.70. The molecule has 1 aliphatic heterocycles. The van der Waals surface area contributed by atoms with E-state index < -0.39 is 0 Å². The van der Waals surface area contributed by atoms with E-state index in [1.807, 2.05) is 5.57 Å². The van der Waals surface area contributed by atoms with Crippen LogP contribution in [0.15, 0.2) is 11.1 Å². The third-order valence-corrected chi connectivity index (χ3v) is 5.40. The largest absolute Gasteiger partial charge is 0.300 e. The zero-order valence-corrected chi connectivity index (χ0v) is 13.9. The topological polar surface area (TPSA) is 3.24 Å². The van der Waals surface area contributed by atoms with Crippen molar-refractivity contribution < 1.29 is 0 Å². The Kier molecular flexibility index (Phi) is 4.45. The molecule has 1 saturated heterocycles. The molecule has 110 valence electrons. The molecule has 0 radical (unpaired) electrons. The molecule has 1 aliphatic carbocycles. The van der Waals surface area contributed by atoms with E-state index in [9.17, 15) is 0 Å². The number of hydrogen-bond donors (Lipinski definition) is 0. The van der Waals surface area contributed by atoms with E-state index in [1.54, 1.807) is 5.57 Å². The Labute approximate surface area is 120 Å². The lowest BCUT2D eigenvalue weighted by molar-refractivity contribution is 0.0853. The fourth-order valence-electron chi connectivity index (χ4n) is 4.60. The number of hydrogen-bond acceptors (Lipinski definition) is 1. The lowest BCUT2D eigenvalue weighted by Crippen LogP contribution is -2.46. The minimum Gasteiger partial charge on any atom is -0.300 e. The molecule has 1 heterocycles. The van der Waals surface area contributed by atoms with Gasteiger partial charge in [0.1, 0.15) is 0 Å². The number of nitrogens with zero attached hydrogens (tertiary/aromatic N) is 1. The molecular formula is C18H33N. The summed E-state index contributed by atoms with van der Waals surface area (Å²) in [5.74, 6) is 1.47. The van der Waals surface area contributed by atoms with Gasteiger partial charge in [-0.3, -0.25) is 0 Å². The maximum atomic E-state index is 2.72. The Bertz CT molecular complexity index is 351. The molecule has 1 nitrogen and oxygen atoms in total. The molecular weight excluding hydrogens is 230 g/mol. The van der Waals surface area contributed by atoms with Gasteiger partial charge in [0.15, 0.2) is 0 Å². The van der Waals surface area contributed by atoms with Gasteiger partial charge in [-0.2, -0.15) is 0 Å². The highest BCUT2D eigenvalue weighted by Gasteiger charge is 2.44. The molecule has 19 heavy (non-hydrogen) atoms. The molecule has 0 saturated carbocycles. The van der Waals surface area contributed by atoms with Gasteiger partial charge in [-0.25, -0.2) is 0 Å². The second kappa shape index (κ2) is 5.60. The van der Waals surface area contributed by atoms with Crippen molar-refractivity contribution in [2.45, 2.75) is 73.3 Å². The van der Waals surface area contributed by atoms with Crippen LogP contribution in [-0.4, -0.2) is 24.0 Å². The lowest BCUT2D eigenvalue weighted by atomic mass is 9.70. The molecule has 2 aliphatic rings. The highest BCUT2D eigenvalue weighted by Crippen LogP contribution is 2.53. The zero-order chi connectivity index (χ0) is 14.2. The summed E-state index contributed by atoms with van der Waals surface area (Å²) in [5, 5.41) is 0. The summed E-state index contributed by atoms with van der Waals surface area (Å²) in [6, 6.07) is 0.702. The van der Waals surface area contributed by atoms with Crippen LogP contribution in [-0.2, 0) is 0 Å². The lowest BCUT2D eigenvalue weighted by Gasteiger charge is -2.45. The minimum absolute atomic E-state index is 0.524. The average molecular weight is 263 g/mol. The fraction of sp³-hybridized carbons (Fsp3) is 0.889. The monoisotopic (exact) mass is 263 g/mol. The van der Waals surface area contributed by atoms with Crippen molar-refractivity contribution in [1.29, 1.82) is 0 Å². The molecule has 0 N–H and O–H groups in total. The van der Waals surface area contributed by atoms with Crippen LogP contribution >= 0.6 is 0 Å². The predicted octanol–water partition coefficient (Wildman–Crippen LogP) is 4.88. The molecule has 0 bridgehead atoms. The maximum Gasteiger partial charge on any atom is 0.00784 e. The summed E-state index contributed by atoms with van der Waals surface area (Å²) in [6.45, 7) is 16.9. The van der Waals surface area contributed by atoms with Gasteiger partial charge in [-0.15, -0.1) is 0 Å². The summed E-state index contributed by atoms with van der Waals surface area (Å²) in [5.41, 5.74) is 4.16. The number of piperidine rings is 1. The first-order valence-electron chi connectivity index (χ1n) is 8.35. The molecule has 1 unspecified atom stereocenters. The SMILES string of the molecule is CC(C)C1=C(C(C)C)C2(CCCN(C(C)C)C2)CC1. The van der Waals surface area contributed by atoms with Crippen LogP contribution in [0.5, 0.6) is 0 Å². The van der Waals surface area contributed by atoms with Gasteiger partial charge in [-0.1, -0.05) is 38.8 Å². The summed E-state index contributed by atoms with van der Waals surface area (Å²) in [6.07, 6.45) is 5.59. The van der Waals surface area contributed by atoms with Gasteiger partial charge >= 0.3 is 0 Å². The van der Waals surface area contributed by atoms with Gasteiger partial charge < -0.3 is 4.90 Å². The van der Waals surface area contributed by atoms with E-state index in [0.29, 0.717) is 11.5 Å². The van der Waals surface area contributed by atoms with Crippen molar-refractivity contribution in [3.05, 3.63) is 11.1 Å². The van der Waals surface area contributed by atoms with E-state index in [4.69, 9.17) is 0 Å². The molecule has 0 aromatic rings. The number of allylic oxidation sites excluding steroid dienone is 1. The van der Waals surface area contributed by atoms with Gasteiger partial charge in [0, 0.05) is 18.0 Å². The predicted molar refractivity (Wildman–Crippen MR) is 84.3 cm³/mol. The average Bonchev–Trinajstić information content (AvgIpc) is 2.68. The molecule has 0 amide bonds. The molecule has 0 aromatic heterocycles.